The molecule has 0 fully saturated rings. The standard InChI is InChI=1S/C16H38O6Si4/c1-10-16(17)19-14-13-18-12-11-15-26(20-23(2)3,21-24(4,5)6)22-25(7,8)9/h10,23H,1,11-15H2,2-9H3. The molecule has 0 spiro atoms. The largest absolute Gasteiger partial charge is 0.469 e. The molecule has 0 heterocycles. The monoisotopic (exact) mass is 438 g/mol. The highest BCUT2D eigenvalue weighted by molar-refractivity contribution is 6.87. The quantitative estimate of drug-likeness (QED) is 0.178. The van der Waals surface area contributed by atoms with E-state index in [9.17, 15) is 4.79 Å². The van der Waals surface area contributed by atoms with Gasteiger partial charge in [0.2, 0.25) is 0 Å². The first-order valence-electron chi connectivity index (χ1n) is 9.24. The van der Waals surface area contributed by atoms with Crippen molar-refractivity contribution < 1.29 is 26.6 Å². The summed E-state index contributed by atoms with van der Waals surface area (Å²) in [6.07, 6.45) is 1.95. The van der Waals surface area contributed by atoms with Gasteiger partial charge in [-0.25, -0.2) is 4.79 Å². The van der Waals surface area contributed by atoms with E-state index in [2.05, 4.69) is 59.0 Å². The topological polar surface area (TPSA) is 63.2 Å². The highest BCUT2D eigenvalue weighted by atomic mass is 28.5. The molecule has 0 radical (unpaired) electrons. The molecular weight excluding hydrogens is 401 g/mol. The predicted octanol–water partition coefficient (Wildman–Crippen LogP) is 3.76. The van der Waals surface area contributed by atoms with Gasteiger partial charge in [-0.05, 0) is 58.8 Å². The van der Waals surface area contributed by atoms with Gasteiger partial charge >= 0.3 is 14.8 Å². The minimum absolute atomic E-state index is 0.236. The van der Waals surface area contributed by atoms with E-state index in [-0.39, 0.29) is 6.61 Å². The first kappa shape index (κ1) is 25.9. The average molecular weight is 439 g/mol. The fourth-order valence-electron chi connectivity index (χ4n) is 2.27. The number of hydrogen-bond acceptors (Lipinski definition) is 6. The maximum atomic E-state index is 11.0. The van der Waals surface area contributed by atoms with Crippen LogP contribution in [0.3, 0.4) is 0 Å². The van der Waals surface area contributed by atoms with Gasteiger partial charge in [0.1, 0.15) is 6.61 Å². The van der Waals surface area contributed by atoms with Gasteiger partial charge in [-0.15, -0.1) is 0 Å². The average Bonchev–Trinajstić information content (AvgIpc) is 2.41. The number of carbonyl (C=O) groups is 1. The second kappa shape index (κ2) is 11.7. The highest BCUT2D eigenvalue weighted by Gasteiger charge is 2.47. The lowest BCUT2D eigenvalue weighted by atomic mass is 10.5. The van der Waals surface area contributed by atoms with E-state index < -0.39 is 40.4 Å². The molecule has 10 heteroatoms. The summed E-state index contributed by atoms with van der Waals surface area (Å²) in [5, 5.41) is 0. The van der Waals surface area contributed by atoms with Gasteiger partial charge in [-0.2, -0.15) is 0 Å². The second-order valence-corrected chi connectivity index (χ2v) is 23.4. The van der Waals surface area contributed by atoms with E-state index in [1.807, 2.05) is 0 Å². The molecule has 0 unspecified atom stereocenters. The Morgan fingerprint density at radius 2 is 1.50 bits per heavy atom. The molecule has 0 aromatic carbocycles. The van der Waals surface area contributed by atoms with Crippen LogP contribution in [0.5, 0.6) is 0 Å². The minimum atomic E-state index is -2.72. The van der Waals surface area contributed by atoms with E-state index in [1.54, 1.807) is 0 Å². The molecule has 6 nitrogen and oxygen atoms in total. The van der Waals surface area contributed by atoms with E-state index in [0.29, 0.717) is 13.2 Å². The molecular formula is C16H38O6Si4. The van der Waals surface area contributed by atoms with Crippen LogP contribution < -0.4 is 0 Å². The van der Waals surface area contributed by atoms with Crippen LogP contribution in [0.1, 0.15) is 6.42 Å². The molecule has 0 aliphatic rings. The molecule has 0 N–H and O–H groups in total. The Kier molecular flexibility index (Phi) is 11.7. The third-order valence-electron chi connectivity index (χ3n) is 2.75. The van der Waals surface area contributed by atoms with Gasteiger partial charge in [0, 0.05) is 18.7 Å². The summed E-state index contributed by atoms with van der Waals surface area (Å²) in [4.78, 5) is 11.0. The maximum absolute atomic E-state index is 11.0. The number of ether oxygens (including phenoxy) is 2. The number of carbonyl (C=O) groups excluding carboxylic acids is 1. The van der Waals surface area contributed by atoms with Crippen molar-refractivity contribution in [1.29, 1.82) is 0 Å². The first-order chi connectivity index (χ1) is 11.8. The summed E-state index contributed by atoms with van der Waals surface area (Å²) in [5.74, 6) is -0.428. The Morgan fingerprint density at radius 3 is 1.92 bits per heavy atom. The van der Waals surface area contributed by atoms with Crippen molar-refractivity contribution in [1.82, 2.24) is 0 Å². The Bertz CT molecular complexity index is 415. The van der Waals surface area contributed by atoms with Crippen LogP contribution in [0.25, 0.3) is 0 Å². The van der Waals surface area contributed by atoms with E-state index >= 15 is 0 Å². The summed E-state index contributed by atoms with van der Waals surface area (Å²) in [5.41, 5.74) is 0. The molecule has 0 aromatic heterocycles. The zero-order valence-electron chi connectivity index (χ0n) is 17.8. The van der Waals surface area contributed by atoms with Crippen molar-refractivity contribution in [3.63, 3.8) is 0 Å². The van der Waals surface area contributed by atoms with Gasteiger partial charge in [-0.1, -0.05) is 6.58 Å². The number of rotatable bonds is 14. The Balaban J connectivity index is 4.72. The predicted molar refractivity (Wildman–Crippen MR) is 116 cm³/mol. The zero-order chi connectivity index (χ0) is 20.4. The molecule has 0 bridgehead atoms. The van der Waals surface area contributed by atoms with Gasteiger partial charge in [0.15, 0.2) is 25.7 Å². The summed E-state index contributed by atoms with van der Waals surface area (Å²) in [7, 11) is -7.64. The van der Waals surface area contributed by atoms with Crippen LogP contribution in [0.2, 0.25) is 58.4 Å². The van der Waals surface area contributed by atoms with Crippen LogP contribution in [-0.2, 0) is 26.6 Å². The van der Waals surface area contributed by atoms with Crippen LogP contribution in [0, 0.1) is 0 Å². The van der Waals surface area contributed by atoms with Crippen molar-refractivity contribution in [3.8, 4) is 0 Å². The van der Waals surface area contributed by atoms with E-state index in [0.717, 1.165) is 18.5 Å². The van der Waals surface area contributed by atoms with Gasteiger partial charge < -0.3 is 21.8 Å². The SMILES string of the molecule is C=CC(=O)OCCOCCC[Si](O[SiH](C)C)(O[Si](C)(C)C)O[Si](C)(C)C. The fraction of sp³-hybridized carbons (Fsp3) is 0.812. The van der Waals surface area contributed by atoms with Gasteiger partial charge in [0.05, 0.1) is 6.61 Å². The van der Waals surface area contributed by atoms with Crippen molar-refractivity contribution in [2.75, 3.05) is 19.8 Å². The van der Waals surface area contributed by atoms with Crippen molar-refractivity contribution in [2.45, 2.75) is 64.8 Å². The lowest BCUT2D eigenvalue weighted by Gasteiger charge is -2.40. The molecule has 0 aromatic rings. The second-order valence-electron chi connectivity index (χ2n) is 8.37. The molecule has 154 valence electrons. The Hall–Kier alpha value is -0.0825. The smallest absolute Gasteiger partial charge is 0.460 e. The number of hydrogen-bond donors (Lipinski definition) is 0. The van der Waals surface area contributed by atoms with Crippen LogP contribution in [0.4, 0.5) is 0 Å². The van der Waals surface area contributed by atoms with Crippen molar-refractivity contribution in [3.05, 3.63) is 12.7 Å². The minimum Gasteiger partial charge on any atom is -0.460 e. The Labute approximate surface area is 164 Å². The molecule has 0 aliphatic heterocycles. The normalized spacial score (nSPS) is 13.1. The van der Waals surface area contributed by atoms with E-state index in [4.69, 9.17) is 21.8 Å². The molecule has 0 amide bonds. The molecule has 0 saturated carbocycles. The lowest BCUT2D eigenvalue weighted by molar-refractivity contribution is -0.139. The van der Waals surface area contributed by atoms with Crippen LogP contribution >= 0.6 is 0 Å². The van der Waals surface area contributed by atoms with Gasteiger partial charge in [0.25, 0.3) is 0 Å². The van der Waals surface area contributed by atoms with Crippen molar-refractivity contribution >= 4 is 40.4 Å². The third-order valence-corrected chi connectivity index (χ3v) is 14.4. The molecule has 0 aliphatic carbocycles. The molecule has 0 saturated heterocycles. The van der Waals surface area contributed by atoms with Crippen LogP contribution in [-0.4, -0.2) is 60.3 Å². The zero-order valence-corrected chi connectivity index (χ0v) is 22.0. The van der Waals surface area contributed by atoms with Gasteiger partial charge in [-0.3, -0.25) is 0 Å². The maximum Gasteiger partial charge on any atom is 0.469 e. The lowest BCUT2D eigenvalue weighted by Crippen LogP contribution is -2.58. The first-order valence-corrected chi connectivity index (χ1v) is 20.8. The summed E-state index contributed by atoms with van der Waals surface area (Å²) < 4.78 is 30.0. The summed E-state index contributed by atoms with van der Waals surface area (Å²) in [6.45, 7) is 21.9. The summed E-state index contributed by atoms with van der Waals surface area (Å²) >= 11 is 0. The summed E-state index contributed by atoms with van der Waals surface area (Å²) in [6, 6.07) is 0.763. The Morgan fingerprint density at radius 1 is 0.962 bits per heavy atom. The molecule has 0 rings (SSSR count). The van der Waals surface area contributed by atoms with E-state index in [1.165, 1.54) is 0 Å². The highest BCUT2D eigenvalue weighted by Crippen LogP contribution is 2.27. The van der Waals surface area contributed by atoms with Crippen molar-refractivity contribution in [2.24, 2.45) is 0 Å². The molecule has 26 heavy (non-hydrogen) atoms. The van der Waals surface area contributed by atoms with Crippen LogP contribution in [0.15, 0.2) is 12.7 Å². The third kappa shape index (κ3) is 14.0. The number of esters is 1. The molecule has 0 atom stereocenters. The fourth-order valence-corrected chi connectivity index (χ4v) is 16.3.